The van der Waals surface area contributed by atoms with Crippen LogP contribution in [0.15, 0.2) is 48.5 Å². The highest BCUT2D eigenvalue weighted by molar-refractivity contribution is 5.93. The summed E-state index contributed by atoms with van der Waals surface area (Å²) in [5, 5.41) is 8.26. The third kappa shape index (κ3) is 7.20. The Hall–Kier alpha value is -4.42. The molecule has 1 aliphatic rings. The number of hydrogen-bond acceptors (Lipinski definition) is 10. The molecule has 0 unspecified atom stereocenters. The average Bonchev–Trinajstić information content (AvgIpc) is 2.98. The number of hydrogen-bond donors (Lipinski definition) is 4. The second kappa shape index (κ2) is 13.5. The van der Waals surface area contributed by atoms with Gasteiger partial charge in [-0.15, -0.1) is 0 Å². The average molecular weight is 599 g/mol. The summed E-state index contributed by atoms with van der Waals surface area (Å²) in [6.45, 7) is 12.3. The fraction of sp³-hybridized carbons (Fsp3) is 0.438. The van der Waals surface area contributed by atoms with Crippen LogP contribution in [0, 0.1) is 11.8 Å². The molecule has 3 heterocycles. The van der Waals surface area contributed by atoms with Crippen molar-refractivity contribution in [2.24, 2.45) is 23.3 Å². The largest absolute Gasteiger partial charge is 0.368 e. The molecular weight excluding hydrogens is 556 g/mol. The van der Waals surface area contributed by atoms with Crippen molar-refractivity contribution < 1.29 is 9.59 Å². The maximum atomic E-state index is 12.1. The van der Waals surface area contributed by atoms with E-state index in [9.17, 15) is 9.59 Å². The third-order valence-corrected chi connectivity index (χ3v) is 8.02. The first-order valence-corrected chi connectivity index (χ1v) is 15.2. The molecule has 2 amide bonds. The van der Waals surface area contributed by atoms with E-state index in [1.54, 1.807) is 0 Å². The van der Waals surface area contributed by atoms with Crippen molar-refractivity contribution in [1.29, 1.82) is 0 Å². The molecule has 1 aliphatic heterocycles. The number of carbonyl (C=O) groups excluding carboxylic acids is 2. The summed E-state index contributed by atoms with van der Waals surface area (Å²) in [7, 11) is 0. The highest BCUT2D eigenvalue weighted by Crippen LogP contribution is 2.25. The molecule has 2 aromatic heterocycles. The number of nitrogens with two attached hydrogens (primary N) is 2. The minimum absolute atomic E-state index is 0.0102. The van der Waals surface area contributed by atoms with Gasteiger partial charge in [0, 0.05) is 37.0 Å². The van der Waals surface area contributed by atoms with Crippen molar-refractivity contribution in [3.05, 3.63) is 60.2 Å². The van der Waals surface area contributed by atoms with Crippen LogP contribution in [0.25, 0.3) is 21.8 Å². The highest BCUT2D eigenvalue weighted by atomic mass is 16.2. The van der Waals surface area contributed by atoms with E-state index in [2.05, 4.69) is 20.4 Å². The number of para-hydroxylation sites is 2. The fourth-order valence-corrected chi connectivity index (χ4v) is 5.54. The van der Waals surface area contributed by atoms with Crippen molar-refractivity contribution in [1.82, 2.24) is 29.7 Å². The summed E-state index contributed by atoms with van der Waals surface area (Å²) in [5.74, 6) is 1.82. The lowest BCUT2D eigenvalue weighted by molar-refractivity contribution is -0.120. The van der Waals surface area contributed by atoms with Crippen molar-refractivity contribution in [2.75, 3.05) is 36.8 Å². The van der Waals surface area contributed by atoms with Crippen molar-refractivity contribution in [3.8, 4) is 0 Å². The lowest BCUT2D eigenvalue weighted by Crippen LogP contribution is -2.46. The molecule has 1 fully saturated rings. The Morgan fingerprint density at radius 1 is 0.659 bits per heavy atom. The van der Waals surface area contributed by atoms with Gasteiger partial charge in [-0.05, 0) is 36.1 Å². The van der Waals surface area contributed by atoms with E-state index >= 15 is 0 Å². The maximum Gasteiger partial charge on any atom is 0.240 e. The minimum Gasteiger partial charge on any atom is -0.368 e. The number of aromatic nitrogens is 4. The van der Waals surface area contributed by atoms with Gasteiger partial charge in [-0.2, -0.15) is 0 Å². The van der Waals surface area contributed by atoms with Crippen LogP contribution in [0.3, 0.4) is 0 Å². The van der Waals surface area contributed by atoms with Gasteiger partial charge in [-0.1, -0.05) is 52.0 Å². The molecule has 44 heavy (non-hydrogen) atoms. The Balaban J connectivity index is 1.28. The third-order valence-electron chi connectivity index (χ3n) is 8.02. The molecule has 1 saturated heterocycles. The lowest BCUT2D eigenvalue weighted by atomic mass is 10.0. The van der Waals surface area contributed by atoms with E-state index in [-0.39, 0.29) is 11.8 Å². The van der Waals surface area contributed by atoms with Gasteiger partial charge in [-0.25, -0.2) is 19.9 Å². The first-order valence-electron chi connectivity index (χ1n) is 15.2. The van der Waals surface area contributed by atoms with Crippen LogP contribution in [0.4, 0.5) is 11.6 Å². The smallest absolute Gasteiger partial charge is 0.240 e. The minimum atomic E-state index is -0.537. The van der Waals surface area contributed by atoms with E-state index in [0.717, 1.165) is 48.0 Å². The summed E-state index contributed by atoms with van der Waals surface area (Å²) < 4.78 is 0. The molecule has 4 aromatic rings. The van der Waals surface area contributed by atoms with E-state index < -0.39 is 23.9 Å². The van der Waals surface area contributed by atoms with Gasteiger partial charge in [0.25, 0.3) is 0 Å². The standard InChI is InChI=1S/C32H42N10O2/c1-19(2)27(29(33)43)39-31-21-9-5-7-11-23(21)35-25(37-31)17-41-13-15-42(16-14-41)18-26-36-24-12-8-6-10-22(24)32(38-26)40-28(20(3)4)30(34)44/h5-12,19-20,27-28H,13-18H2,1-4H3,(H2,33,43)(H2,34,44)(H,35,37,39)(H,36,38,40)/t27-,28-/m0/s1. The number of nitrogens with one attached hydrogen (secondary N) is 2. The fourth-order valence-electron chi connectivity index (χ4n) is 5.54. The first kappa shape index (κ1) is 31.0. The number of rotatable bonds is 12. The normalized spacial score (nSPS) is 16.0. The topological polar surface area (TPSA) is 168 Å². The molecule has 0 saturated carbocycles. The summed E-state index contributed by atoms with van der Waals surface area (Å²) >= 11 is 0. The molecule has 0 radical (unpaired) electrons. The lowest BCUT2D eigenvalue weighted by Gasteiger charge is -2.34. The van der Waals surface area contributed by atoms with Crippen LogP contribution in [0.1, 0.15) is 39.3 Å². The molecule has 0 aliphatic carbocycles. The molecule has 232 valence electrons. The number of fused-ring (bicyclic) bond motifs is 2. The van der Waals surface area contributed by atoms with Gasteiger partial charge in [0.05, 0.1) is 24.1 Å². The number of nitrogens with zero attached hydrogens (tertiary/aromatic N) is 6. The number of carbonyl (C=O) groups is 2. The Kier molecular flexibility index (Phi) is 9.50. The monoisotopic (exact) mass is 598 g/mol. The van der Waals surface area contributed by atoms with Gasteiger partial charge in [0.15, 0.2) is 0 Å². The van der Waals surface area contributed by atoms with E-state index in [1.165, 1.54) is 0 Å². The first-order chi connectivity index (χ1) is 21.1. The zero-order valence-corrected chi connectivity index (χ0v) is 25.8. The SMILES string of the molecule is CC(C)[C@H](Nc1nc(CN2CCN(Cc3nc(N[C@H](C(N)=O)C(C)C)c4ccccc4n3)CC2)nc2ccccc12)C(N)=O. The predicted octanol–water partition coefficient (Wildman–Crippen LogP) is 2.73. The number of benzene rings is 2. The zero-order chi connectivity index (χ0) is 31.4. The molecule has 12 nitrogen and oxygen atoms in total. The molecule has 0 spiro atoms. The van der Waals surface area contributed by atoms with Crippen molar-refractivity contribution >= 4 is 45.3 Å². The number of anilines is 2. The number of piperazine rings is 1. The van der Waals surface area contributed by atoms with Crippen LogP contribution < -0.4 is 22.1 Å². The van der Waals surface area contributed by atoms with E-state index in [1.807, 2.05) is 76.2 Å². The van der Waals surface area contributed by atoms with Crippen LogP contribution in [0.5, 0.6) is 0 Å². The summed E-state index contributed by atoms with van der Waals surface area (Å²) in [6, 6.07) is 14.5. The quantitative estimate of drug-likeness (QED) is 0.190. The summed E-state index contributed by atoms with van der Waals surface area (Å²) in [6.07, 6.45) is 0. The van der Waals surface area contributed by atoms with Gasteiger partial charge < -0.3 is 22.1 Å². The summed E-state index contributed by atoms with van der Waals surface area (Å²) in [5.41, 5.74) is 13.0. The summed E-state index contributed by atoms with van der Waals surface area (Å²) in [4.78, 5) is 48.1. The van der Waals surface area contributed by atoms with Crippen molar-refractivity contribution in [2.45, 2.75) is 52.9 Å². The van der Waals surface area contributed by atoms with Crippen LogP contribution in [-0.2, 0) is 22.7 Å². The van der Waals surface area contributed by atoms with Crippen LogP contribution in [-0.4, -0.2) is 79.8 Å². The van der Waals surface area contributed by atoms with E-state index in [0.29, 0.717) is 36.4 Å². The van der Waals surface area contributed by atoms with Gasteiger partial charge in [0.1, 0.15) is 35.4 Å². The second-order valence-electron chi connectivity index (χ2n) is 12.1. The molecule has 2 aromatic carbocycles. The van der Waals surface area contributed by atoms with Gasteiger partial charge in [-0.3, -0.25) is 19.4 Å². The molecule has 2 atom stereocenters. The van der Waals surface area contributed by atoms with Crippen molar-refractivity contribution in [3.63, 3.8) is 0 Å². The maximum absolute atomic E-state index is 12.1. The number of primary amides is 2. The Labute approximate surface area is 257 Å². The zero-order valence-electron chi connectivity index (χ0n) is 25.8. The second-order valence-corrected chi connectivity index (χ2v) is 12.1. The van der Waals surface area contributed by atoms with Crippen LogP contribution in [0.2, 0.25) is 0 Å². The molecule has 12 heteroatoms. The molecule has 5 rings (SSSR count). The van der Waals surface area contributed by atoms with Crippen LogP contribution >= 0.6 is 0 Å². The van der Waals surface area contributed by atoms with E-state index in [4.69, 9.17) is 31.4 Å². The Bertz CT molecular complexity index is 1510. The van der Waals surface area contributed by atoms with Gasteiger partial charge in [0.2, 0.25) is 11.8 Å². The number of amides is 2. The molecule has 0 bridgehead atoms. The Morgan fingerprint density at radius 3 is 1.36 bits per heavy atom. The highest BCUT2D eigenvalue weighted by Gasteiger charge is 2.24. The Morgan fingerprint density at radius 2 is 1.02 bits per heavy atom. The molecule has 6 N–H and O–H groups in total. The predicted molar refractivity (Wildman–Crippen MR) is 173 cm³/mol. The molecular formula is C32H42N10O2. The van der Waals surface area contributed by atoms with Gasteiger partial charge >= 0.3 is 0 Å².